The molecule has 0 aromatic heterocycles. The first-order valence-corrected chi connectivity index (χ1v) is 45.0. The maximum Gasteiger partial charge on any atom is 0.115 e. The lowest BCUT2D eigenvalue weighted by atomic mass is 9.57. The number of hydrogen-bond acceptors (Lipinski definition) is 12. The average Bonchev–Trinajstić information content (AvgIpc) is 1.61. The lowest BCUT2D eigenvalue weighted by Gasteiger charge is -2.44. The Kier molecular flexibility index (Phi) is 21.5. The van der Waals surface area contributed by atoms with E-state index in [2.05, 4.69) is 149 Å². The summed E-state index contributed by atoms with van der Waals surface area (Å²) in [7, 11) is 0. The van der Waals surface area contributed by atoms with E-state index in [0.29, 0.717) is 23.0 Å². The van der Waals surface area contributed by atoms with Crippen LogP contribution in [0.4, 0.5) is 0 Å². The molecule has 12 nitrogen and oxygen atoms in total. The third-order valence-corrected chi connectivity index (χ3v) is 34.1. The van der Waals surface area contributed by atoms with Crippen molar-refractivity contribution in [1.82, 2.24) is 0 Å². The summed E-state index contributed by atoms with van der Waals surface area (Å²) < 4.78 is 0. The highest BCUT2D eigenvalue weighted by Crippen LogP contribution is 2.64. The van der Waals surface area contributed by atoms with Gasteiger partial charge in [0.25, 0.3) is 0 Å². The first-order valence-electron chi connectivity index (χ1n) is 45.0. The first kappa shape index (κ1) is 81.3. The molecule has 0 unspecified atom stereocenters. The number of aromatic hydroxyl groups is 4. The van der Waals surface area contributed by atoms with Crippen molar-refractivity contribution in [3.63, 3.8) is 0 Å². The van der Waals surface area contributed by atoms with Crippen molar-refractivity contribution in [3.05, 3.63) is 257 Å². The van der Waals surface area contributed by atoms with Crippen LogP contribution in [0.3, 0.4) is 0 Å². The van der Waals surface area contributed by atoms with Crippen LogP contribution in [0.2, 0.25) is 0 Å². The van der Waals surface area contributed by atoms with Gasteiger partial charge in [0.1, 0.15) is 23.0 Å². The van der Waals surface area contributed by atoms with Crippen LogP contribution in [-0.2, 0) is 94.7 Å². The van der Waals surface area contributed by atoms with Gasteiger partial charge in [-0.2, -0.15) is 42.1 Å². The predicted octanol–water partition coefficient (Wildman–Crippen LogP) is 22.5. The zero-order valence-electron chi connectivity index (χ0n) is 70.5. The van der Waals surface area contributed by atoms with Crippen LogP contribution < -0.4 is 0 Å². The molecule has 8 aromatic carbocycles. The Morgan fingerprint density at radius 3 is 0.458 bits per heavy atom. The number of benzene rings is 8. The molecule has 24 rings (SSSR count). The molecule has 16 aliphatic carbocycles. The third kappa shape index (κ3) is 13.2. The molecule has 8 fully saturated rings. The standard InChI is InChI=1S/4C14H15N.4C13H13NO/c4*1-10-2-3-11-4-6-14(13(11)8-10)7-5-12(14)9-15;4*14-8-10-4-6-13(10)5-3-9-1-2-11(15)7-12(9)13/h4*2-3,8,12H,4-7H2,1H3;4*1-2,7,10,15H,3-6H2/t2*12-,14+;2*12-,14-;2*10-,13+;2*10-,13-/m10101010/s1. The molecular formula is C108H112N8O4. The monoisotopic (exact) mass is 1580 g/mol. The highest BCUT2D eigenvalue weighted by atomic mass is 16.3. The van der Waals surface area contributed by atoms with Gasteiger partial charge in [-0.05, 0) is 371 Å². The fraction of sp³-hybridized carbons (Fsp3) is 0.481. The van der Waals surface area contributed by atoms with Crippen molar-refractivity contribution in [3.8, 4) is 71.6 Å². The number of hydrogen-bond donors (Lipinski definition) is 4. The molecule has 8 saturated carbocycles. The molecular weight excluding hydrogens is 1470 g/mol. The summed E-state index contributed by atoms with van der Waals surface area (Å²) in [6.45, 7) is 8.58. The summed E-state index contributed by atoms with van der Waals surface area (Å²) in [4.78, 5) is 0. The number of aryl methyl sites for hydroxylation is 12. The summed E-state index contributed by atoms with van der Waals surface area (Å²) >= 11 is 0. The third-order valence-electron chi connectivity index (χ3n) is 34.1. The highest BCUT2D eigenvalue weighted by Gasteiger charge is 2.58. The summed E-state index contributed by atoms with van der Waals surface area (Å²) in [5, 5.41) is 111. The molecule has 120 heavy (non-hydrogen) atoms. The minimum atomic E-state index is 0.0861. The fourth-order valence-electron chi connectivity index (χ4n) is 26.0. The largest absolute Gasteiger partial charge is 0.508 e. The minimum absolute atomic E-state index is 0.0861. The molecule has 0 bridgehead atoms. The lowest BCUT2D eigenvalue weighted by molar-refractivity contribution is 0.171. The van der Waals surface area contributed by atoms with E-state index in [4.69, 9.17) is 42.1 Å². The smallest absolute Gasteiger partial charge is 0.115 e. The molecule has 0 heterocycles. The van der Waals surface area contributed by atoms with Gasteiger partial charge < -0.3 is 20.4 Å². The van der Waals surface area contributed by atoms with Crippen LogP contribution in [0.15, 0.2) is 146 Å². The van der Waals surface area contributed by atoms with E-state index in [1.807, 2.05) is 48.5 Å². The van der Waals surface area contributed by atoms with Crippen molar-refractivity contribution in [1.29, 1.82) is 42.1 Å². The van der Waals surface area contributed by atoms with Gasteiger partial charge in [-0.25, -0.2) is 0 Å². The minimum Gasteiger partial charge on any atom is -0.508 e. The van der Waals surface area contributed by atoms with Crippen LogP contribution in [0.1, 0.15) is 265 Å². The van der Waals surface area contributed by atoms with E-state index < -0.39 is 0 Å². The van der Waals surface area contributed by atoms with Crippen LogP contribution in [0.25, 0.3) is 0 Å². The van der Waals surface area contributed by atoms with E-state index in [-0.39, 0.29) is 90.7 Å². The van der Waals surface area contributed by atoms with Gasteiger partial charge in [-0.3, -0.25) is 0 Å². The van der Waals surface area contributed by atoms with E-state index in [1.165, 1.54) is 188 Å². The van der Waals surface area contributed by atoms with Gasteiger partial charge in [0.15, 0.2) is 0 Å². The Bertz CT molecular complexity index is 4710. The highest BCUT2D eigenvalue weighted by molar-refractivity contribution is 5.54. The Balaban J connectivity index is 0.0000000979. The second-order valence-corrected chi connectivity index (χ2v) is 39.0. The number of nitrogens with zero attached hydrogens (tertiary/aromatic N) is 8. The Morgan fingerprint density at radius 1 is 0.200 bits per heavy atom. The van der Waals surface area contributed by atoms with Crippen molar-refractivity contribution in [2.45, 2.75) is 276 Å². The normalized spacial score (nSPS) is 32.1. The average molecular weight is 1590 g/mol. The Morgan fingerprint density at radius 2 is 0.333 bits per heavy atom. The van der Waals surface area contributed by atoms with Crippen molar-refractivity contribution < 1.29 is 20.4 Å². The molecule has 0 radical (unpaired) electrons. The second kappa shape index (κ2) is 31.8. The Hall–Kier alpha value is -11.1. The first-order chi connectivity index (χ1) is 58.1. The molecule has 0 saturated heterocycles. The molecule has 8 spiro atoms. The molecule has 4 N–H and O–H groups in total. The number of phenols is 4. The molecule has 0 aliphatic heterocycles. The quantitative estimate of drug-likeness (QED) is 0.110. The van der Waals surface area contributed by atoms with Gasteiger partial charge in [0.2, 0.25) is 0 Å². The van der Waals surface area contributed by atoms with Gasteiger partial charge in [0.05, 0.1) is 95.9 Å². The molecule has 12 heteroatoms. The van der Waals surface area contributed by atoms with Crippen molar-refractivity contribution in [2.75, 3.05) is 0 Å². The summed E-state index contributed by atoms with van der Waals surface area (Å²) in [5.41, 5.74) is 28.8. The van der Waals surface area contributed by atoms with Crippen LogP contribution >= 0.6 is 0 Å². The second-order valence-electron chi connectivity index (χ2n) is 39.0. The Labute approximate surface area is 710 Å². The number of fused-ring (bicyclic) bond motifs is 16. The van der Waals surface area contributed by atoms with Crippen LogP contribution in [0.5, 0.6) is 23.0 Å². The topological polar surface area (TPSA) is 271 Å². The van der Waals surface area contributed by atoms with Crippen molar-refractivity contribution in [2.24, 2.45) is 47.3 Å². The van der Waals surface area contributed by atoms with Gasteiger partial charge in [0, 0.05) is 43.3 Å². The zero-order valence-corrected chi connectivity index (χ0v) is 70.5. The molecule has 8 aromatic rings. The van der Waals surface area contributed by atoms with Crippen molar-refractivity contribution >= 4 is 0 Å². The maximum absolute atomic E-state index is 9.52. The van der Waals surface area contributed by atoms with E-state index >= 15 is 0 Å². The predicted molar refractivity (Wildman–Crippen MR) is 464 cm³/mol. The maximum atomic E-state index is 9.52. The van der Waals surface area contributed by atoms with Gasteiger partial charge in [-0.15, -0.1) is 0 Å². The van der Waals surface area contributed by atoms with Gasteiger partial charge >= 0.3 is 0 Å². The summed E-state index contributed by atoms with van der Waals surface area (Å²) in [5.74, 6) is 3.11. The van der Waals surface area contributed by atoms with E-state index in [9.17, 15) is 20.4 Å². The zero-order chi connectivity index (χ0) is 83.7. The number of rotatable bonds is 0. The number of nitriles is 8. The molecule has 608 valence electrons. The summed E-state index contributed by atoms with van der Waals surface area (Å²) in [6, 6.07) is 69.2. The molecule has 16 aliphatic rings. The number of phenolic OH excluding ortho intramolecular Hbond substituents is 4. The van der Waals surface area contributed by atoms with Crippen LogP contribution in [0, 0.1) is 166 Å². The SMILES string of the molecule is Cc1ccc2c(c1)[C@@]1(CC2)CC[C@@H]1C#N.Cc1ccc2c(c1)[C@@]1(CC2)CC[C@H]1C#N.Cc1ccc2c(c1)[C@]1(CC2)CC[C@@H]1C#N.Cc1ccc2c(c1)[C@]1(CC2)CC[C@H]1C#N.N#C[C@@H]1CC[C@@]12CCc1ccc(O)cc12.N#C[C@@H]1CC[C@]12CCc1ccc(O)cc12.N#C[C@H]1CC[C@@]12CCc1ccc(O)cc12.N#C[C@H]1CC[C@]12CCc1ccc(O)cc12. The van der Waals surface area contributed by atoms with E-state index in [0.717, 1.165) is 128 Å². The van der Waals surface area contributed by atoms with E-state index in [1.54, 1.807) is 24.3 Å². The van der Waals surface area contributed by atoms with Crippen LogP contribution in [-0.4, -0.2) is 20.4 Å². The van der Waals surface area contributed by atoms with Gasteiger partial charge in [-0.1, -0.05) is 119 Å². The molecule has 16 atom stereocenters. The summed E-state index contributed by atoms with van der Waals surface area (Å²) in [6.07, 6.45) is 35.9. The fourth-order valence-corrected chi connectivity index (χ4v) is 26.0. The lowest BCUT2D eigenvalue weighted by Crippen LogP contribution is -2.41. The molecule has 0 amide bonds.